The van der Waals surface area contributed by atoms with Crippen molar-refractivity contribution in [3.63, 3.8) is 0 Å². The van der Waals surface area contributed by atoms with E-state index >= 15 is 0 Å². The third-order valence-corrected chi connectivity index (χ3v) is 11.0. The highest BCUT2D eigenvalue weighted by atomic mass is 16.3. The Hall–Kier alpha value is -1.43. The van der Waals surface area contributed by atoms with E-state index in [1.807, 2.05) is 6.08 Å². The summed E-state index contributed by atoms with van der Waals surface area (Å²) < 4.78 is 0. The predicted octanol–water partition coefficient (Wildman–Crippen LogP) is 13.9. The van der Waals surface area contributed by atoms with Crippen molar-refractivity contribution >= 4 is 5.91 Å². The van der Waals surface area contributed by atoms with Gasteiger partial charge in [0.25, 0.3) is 0 Å². The minimum absolute atomic E-state index is 0.362. The number of hydrogen-bond donors (Lipinski definition) is 4. The number of aliphatic hydroxyl groups is 3. The van der Waals surface area contributed by atoms with E-state index in [-0.39, 0.29) is 6.61 Å². The average molecular weight is 760 g/mol. The van der Waals surface area contributed by atoms with Gasteiger partial charge < -0.3 is 20.6 Å². The van der Waals surface area contributed by atoms with Gasteiger partial charge in [-0.2, -0.15) is 0 Å². The van der Waals surface area contributed by atoms with Gasteiger partial charge in [0.05, 0.1) is 18.8 Å². The third-order valence-electron chi connectivity index (χ3n) is 11.0. The van der Waals surface area contributed by atoms with Gasteiger partial charge >= 0.3 is 0 Å². The maximum absolute atomic E-state index is 12.5. The van der Waals surface area contributed by atoms with Crippen LogP contribution in [0.5, 0.6) is 0 Å². The molecule has 0 rings (SSSR count). The van der Waals surface area contributed by atoms with Crippen molar-refractivity contribution in [1.82, 2.24) is 5.32 Å². The lowest BCUT2D eigenvalue weighted by Crippen LogP contribution is -2.48. The molecule has 0 radical (unpaired) electrons. The first kappa shape index (κ1) is 52.6. The SMILES string of the molecule is CC/C=C\C/C=C\CCCCCCCCCCCCCCCC(O)C(=O)NC(CO)C(O)/C=C/CCCCCCCCCCCCCCCCCCCC. The molecular weight excluding hydrogens is 667 g/mol. The van der Waals surface area contributed by atoms with Crippen LogP contribution in [0, 0.1) is 0 Å². The zero-order valence-corrected chi connectivity index (χ0v) is 36.1. The number of carbonyl (C=O) groups excluding carboxylic acids is 1. The fraction of sp³-hybridized carbons (Fsp3) is 0.857. The van der Waals surface area contributed by atoms with Gasteiger partial charge in [-0.1, -0.05) is 237 Å². The molecule has 3 atom stereocenters. The van der Waals surface area contributed by atoms with Crippen LogP contribution in [0.3, 0.4) is 0 Å². The number of hydrogen-bond acceptors (Lipinski definition) is 4. The van der Waals surface area contributed by atoms with Crippen LogP contribution in [0.2, 0.25) is 0 Å². The fourth-order valence-corrected chi connectivity index (χ4v) is 7.28. The lowest BCUT2D eigenvalue weighted by molar-refractivity contribution is -0.131. The monoisotopic (exact) mass is 760 g/mol. The Balaban J connectivity index is 3.63. The van der Waals surface area contributed by atoms with E-state index in [2.05, 4.69) is 43.5 Å². The van der Waals surface area contributed by atoms with Gasteiger partial charge in [0, 0.05) is 0 Å². The van der Waals surface area contributed by atoms with Gasteiger partial charge in [-0.3, -0.25) is 4.79 Å². The van der Waals surface area contributed by atoms with Crippen molar-refractivity contribution in [3.8, 4) is 0 Å². The first-order chi connectivity index (χ1) is 26.6. The van der Waals surface area contributed by atoms with Crippen molar-refractivity contribution in [2.75, 3.05) is 6.61 Å². The summed E-state index contributed by atoms with van der Waals surface area (Å²) in [6.07, 6.45) is 56.1. The molecule has 54 heavy (non-hydrogen) atoms. The number of nitrogens with one attached hydrogen (secondary N) is 1. The maximum atomic E-state index is 12.5. The van der Waals surface area contributed by atoms with Crippen LogP contribution in [0.4, 0.5) is 0 Å². The topological polar surface area (TPSA) is 89.8 Å². The van der Waals surface area contributed by atoms with E-state index in [9.17, 15) is 20.1 Å². The summed E-state index contributed by atoms with van der Waals surface area (Å²) >= 11 is 0. The molecule has 4 N–H and O–H groups in total. The fourth-order valence-electron chi connectivity index (χ4n) is 7.28. The van der Waals surface area contributed by atoms with Crippen molar-refractivity contribution < 1.29 is 20.1 Å². The zero-order valence-electron chi connectivity index (χ0n) is 36.1. The summed E-state index contributed by atoms with van der Waals surface area (Å²) in [5, 5.41) is 33.2. The molecular formula is C49H93NO4. The van der Waals surface area contributed by atoms with E-state index in [0.717, 1.165) is 44.9 Å². The number of allylic oxidation sites excluding steroid dienone is 5. The van der Waals surface area contributed by atoms with Gasteiger partial charge in [-0.05, 0) is 44.9 Å². The largest absolute Gasteiger partial charge is 0.394 e. The Morgan fingerprint density at radius 3 is 1.26 bits per heavy atom. The highest BCUT2D eigenvalue weighted by Crippen LogP contribution is 2.16. The summed E-state index contributed by atoms with van der Waals surface area (Å²) in [6, 6.07) is -0.797. The highest BCUT2D eigenvalue weighted by molar-refractivity contribution is 5.80. The number of amides is 1. The van der Waals surface area contributed by atoms with Crippen molar-refractivity contribution in [2.24, 2.45) is 0 Å². The minimum Gasteiger partial charge on any atom is -0.394 e. The zero-order chi connectivity index (χ0) is 39.4. The van der Waals surface area contributed by atoms with Crippen LogP contribution in [0.25, 0.3) is 0 Å². The quantitative estimate of drug-likeness (QED) is 0.0368. The molecule has 0 heterocycles. The van der Waals surface area contributed by atoms with E-state index < -0.39 is 24.2 Å². The van der Waals surface area contributed by atoms with E-state index in [0.29, 0.717) is 6.42 Å². The van der Waals surface area contributed by atoms with Gasteiger partial charge in [0.1, 0.15) is 6.10 Å². The molecule has 318 valence electrons. The Kier molecular flexibility index (Phi) is 43.1. The molecule has 0 aromatic carbocycles. The van der Waals surface area contributed by atoms with Crippen molar-refractivity contribution in [2.45, 2.75) is 263 Å². The molecule has 5 nitrogen and oxygen atoms in total. The van der Waals surface area contributed by atoms with Crippen LogP contribution in [-0.4, -0.2) is 46.1 Å². The Morgan fingerprint density at radius 2 is 0.852 bits per heavy atom. The minimum atomic E-state index is -1.10. The Morgan fingerprint density at radius 1 is 0.481 bits per heavy atom. The molecule has 0 aromatic heterocycles. The number of unbranched alkanes of at least 4 members (excludes halogenated alkanes) is 31. The highest BCUT2D eigenvalue weighted by Gasteiger charge is 2.22. The molecule has 0 spiro atoms. The smallest absolute Gasteiger partial charge is 0.249 e. The predicted molar refractivity (Wildman–Crippen MR) is 236 cm³/mol. The number of rotatable bonds is 43. The second-order valence-corrected chi connectivity index (χ2v) is 16.3. The molecule has 0 aromatic rings. The number of aliphatic hydroxyl groups excluding tert-OH is 3. The lowest BCUT2D eigenvalue weighted by Gasteiger charge is -2.21. The lowest BCUT2D eigenvalue weighted by atomic mass is 10.0. The number of carbonyl (C=O) groups is 1. The van der Waals surface area contributed by atoms with Crippen molar-refractivity contribution in [3.05, 3.63) is 36.5 Å². The molecule has 0 saturated carbocycles. The summed E-state index contributed by atoms with van der Waals surface area (Å²) in [6.45, 7) is 4.10. The van der Waals surface area contributed by atoms with Crippen LogP contribution < -0.4 is 5.32 Å². The van der Waals surface area contributed by atoms with Crippen molar-refractivity contribution in [1.29, 1.82) is 0 Å². The maximum Gasteiger partial charge on any atom is 0.249 e. The molecule has 3 unspecified atom stereocenters. The molecule has 0 aliphatic carbocycles. The normalized spacial score (nSPS) is 13.8. The van der Waals surface area contributed by atoms with Gasteiger partial charge in [-0.15, -0.1) is 0 Å². The van der Waals surface area contributed by atoms with E-state index in [1.165, 1.54) is 180 Å². The van der Waals surface area contributed by atoms with E-state index in [1.54, 1.807) is 6.08 Å². The van der Waals surface area contributed by atoms with Crippen LogP contribution >= 0.6 is 0 Å². The van der Waals surface area contributed by atoms with Crippen LogP contribution in [-0.2, 0) is 4.79 Å². The Labute approximate surface area is 336 Å². The van der Waals surface area contributed by atoms with E-state index in [4.69, 9.17) is 0 Å². The molecule has 0 aliphatic heterocycles. The molecule has 0 fully saturated rings. The summed E-state index contributed by atoms with van der Waals surface area (Å²) in [5.74, 6) is -0.503. The van der Waals surface area contributed by atoms with Gasteiger partial charge in [0.15, 0.2) is 0 Å². The molecule has 5 heteroatoms. The summed E-state index contributed by atoms with van der Waals surface area (Å²) in [4.78, 5) is 12.5. The first-order valence-electron chi connectivity index (χ1n) is 23.8. The van der Waals surface area contributed by atoms with Gasteiger partial charge in [-0.25, -0.2) is 0 Å². The first-order valence-corrected chi connectivity index (χ1v) is 23.8. The second-order valence-electron chi connectivity index (χ2n) is 16.3. The molecule has 0 aliphatic rings. The summed E-state index contributed by atoms with van der Waals surface area (Å²) in [5.41, 5.74) is 0. The standard InChI is InChI=1S/C49H93NO4/c1-3-5-7-9-11-13-15-17-19-21-23-25-27-29-31-33-35-37-39-41-43-47(52)46(45-51)50-49(54)48(53)44-42-40-38-36-34-32-30-28-26-24-22-20-18-16-14-12-10-8-6-4-2/h6,8,12,14,41,43,46-48,51-53H,3-5,7,9-11,13,15-40,42,44-45H2,1-2H3,(H,50,54)/b8-6-,14-12-,43-41+. The van der Waals surface area contributed by atoms with Crippen LogP contribution in [0.1, 0.15) is 245 Å². The molecule has 0 bridgehead atoms. The molecule has 1 amide bonds. The third kappa shape index (κ3) is 38.8. The Bertz CT molecular complexity index is 840. The average Bonchev–Trinajstić information content (AvgIpc) is 3.18. The summed E-state index contributed by atoms with van der Waals surface area (Å²) in [7, 11) is 0. The van der Waals surface area contributed by atoms with Gasteiger partial charge in [0.2, 0.25) is 5.91 Å². The molecule has 0 saturated heterocycles. The second kappa shape index (κ2) is 44.3. The van der Waals surface area contributed by atoms with Crippen LogP contribution in [0.15, 0.2) is 36.5 Å².